The summed E-state index contributed by atoms with van der Waals surface area (Å²) in [6, 6.07) is 12.2. The van der Waals surface area contributed by atoms with Crippen LogP contribution in [0.5, 0.6) is 5.75 Å². The van der Waals surface area contributed by atoms with Gasteiger partial charge in [0.15, 0.2) is 0 Å². The highest BCUT2D eigenvalue weighted by molar-refractivity contribution is 5.42. The van der Waals surface area contributed by atoms with E-state index >= 15 is 0 Å². The Bertz CT molecular complexity index is 799. The minimum absolute atomic E-state index is 0.0754. The molecular weight excluding hydrogens is 333 g/mol. The number of benzene rings is 1. The topological polar surface area (TPSA) is 52.0 Å². The van der Waals surface area contributed by atoms with Gasteiger partial charge < -0.3 is 10.1 Å². The van der Waals surface area contributed by atoms with Crippen molar-refractivity contribution in [2.75, 3.05) is 5.32 Å². The van der Waals surface area contributed by atoms with Crippen molar-refractivity contribution >= 4 is 5.82 Å². The fraction of sp³-hybridized carbons (Fsp3) is 0.176. The molecule has 2 heterocycles. The predicted molar refractivity (Wildman–Crippen MR) is 86.5 cm³/mol. The first kappa shape index (κ1) is 16.8. The van der Waals surface area contributed by atoms with E-state index in [1.54, 1.807) is 10.9 Å². The van der Waals surface area contributed by atoms with Gasteiger partial charge in [0.25, 0.3) is 0 Å². The zero-order valence-corrected chi connectivity index (χ0v) is 13.2. The number of hydrogen-bond acceptors (Lipinski definition) is 4. The van der Waals surface area contributed by atoms with E-state index < -0.39 is 6.36 Å². The van der Waals surface area contributed by atoms with Crippen LogP contribution in [0.3, 0.4) is 0 Å². The molecule has 0 aliphatic heterocycles. The maximum atomic E-state index is 12.1. The summed E-state index contributed by atoms with van der Waals surface area (Å²) in [5.74, 6) is 0.104. The second kappa shape index (κ2) is 6.84. The third-order valence-corrected chi connectivity index (χ3v) is 3.50. The Kier molecular flexibility index (Phi) is 4.60. The number of hydrogen-bond donors (Lipinski definition) is 1. The van der Waals surface area contributed by atoms with Gasteiger partial charge in [-0.2, -0.15) is 5.10 Å². The Morgan fingerprint density at radius 2 is 1.88 bits per heavy atom. The van der Waals surface area contributed by atoms with Gasteiger partial charge in [0, 0.05) is 18.4 Å². The van der Waals surface area contributed by atoms with Crippen molar-refractivity contribution in [2.45, 2.75) is 19.3 Å². The molecule has 3 rings (SSSR count). The summed E-state index contributed by atoms with van der Waals surface area (Å²) in [5, 5.41) is 7.29. The molecule has 0 radical (unpaired) electrons. The second-order valence-electron chi connectivity index (χ2n) is 5.34. The highest BCUT2D eigenvalue weighted by Gasteiger charge is 2.31. The molecule has 0 spiro atoms. The molecule has 1 N–H and O–H groups in total. The Balaban J connectivity index is 1.64. The standard InChI is InChI=1S/C17H15F3N4O/c1-12(13-3-5-14(6-4-13)24-10-2-9-22-24)23-16-8-7-15(11-21-16)25-17(18,19)20/h2-12H,1H3,(H,21,23). The average Bonchev–Trinajstić information content (AvgIpc) is 3.10. The fourth-order valence-electron chi connectivity index (χ4n) is 2.30. The first-order valence-corrected chi connectivity index (χ1v) is 7.49. The minimum Gasteiger partial charge on any atom is -0.404 e. The lowest BCUT2D eigenvalue weighted by Gasteiger charge is -2.16. The highest BCUT2D eigenvalue weighted by atomic mass is 19.4. The van der Waals surface area contributed by atoms with Crippen LogP contribution in [0.15, 0.2) is 61.1 Å². The maximum absolute atomic E-state index is 12.1. The third kappa shape index (κ3) is 4.50. The summed E-state index contributed by atoms with van der Waals surface area (Å²) in [4.78, 5) is 3.94. The first-order valence-electron chi connectivity index (χ1n) is 7.49. The molecule has 1 unspecified atom stereocenters. The Morgan fingerprint density at radius 3 is 2.44 bits per heavy atom. The SMILES string of the molecule is CC(Nc1ccc(OC(F)(F)F)cn1)c1ccc(-n2cccn2)cc1. The van der Waals surface area contributed by atoms with Gasteiger partial charge in [-0.15, -0.1) is 13.2 Å². The summed E-state index contributed by atoms with van der Waals surface area (Å²) in [7, 11) is 0. The number of aromatic nitrogens is 3. The van der Waals surface area contributed by atoms with E-state index in [0.29, 0.717) is 5.82 Å². The van der Waals surface area contributed by atoms with Gasteiger partial charge >= 0.3 is 6.36 Å². The lowest BCUT2D eigenvalue weighted by molar-refractivity contribution is -0.274. The molecule has 1 aromatic carbocycles. The van der Waals surface area contributed by atoms with Crippen molar-refractivity contribution < 1.29 is 17.9 Å². The summed E-state index contributed by atoms with van der Waals surface area (Å²) in [6.07, 6.45) is -0.134. The number of nitrogens with zero attached hydrogens (tertiary/aromatic N) is 3. The molecule has 0 fully saturated rings. The molecule has 2 aromatic heterocycles. The van der Waals surface area contributed by atoms with Gasteiger partial charge in [-0.25, -0.2) is 9.67 Å². The van der Waals surface area contributed by atoms with Crippen LogP contribution < -0.4 is 10.1 Å². The van der Waals surface area contributed by atoms with Gasteiger partial charge in [-0.1, -0.05) is 12.1 Å². The number of ether oxygens (including phenoxy) is 1. The van der Waals surface area contributed by atoms with Gasteiger partial charge in [0.1, 0.15) is 11.6 Å². The summed E-state index contributed by atoms with van der Waals surface area (Å²) >= 11 is 0. The molecule has 25 heavy (non-hydrogen) atoms. The van der Waals surface area contributed by atoms with E-state index in [-0.39, 0.29) is 11.8 Å². The van der Waals surface area contributed by atoms with Crippen molar-refractivity contribution in [1.29, 1.82) is 0 Å². The van der Waals surface area contributed by atoms with Crippen LogP contribution in [0, 0.1) is 0 Å². The van der Waals surface area contributed by atoms with Crippen molar-refractivity contribution in [3.8, 4) is 11.4 Å². The molecule has 0 aliphatic rings. The van der Waals surface area contributed by atoms with Crippen LogP contribution in [0.4, 0.5) is 19.0 Å². The number of rotatable bonds is 5. The Hall–Kier alpha value is -3.03. The van der Waals surface area contributed by atoms with Crippen LogP contribution >= 0.6 is 0 Å². The molecule has 5 nitrogen and oxygen atoms in total. The molecule has 0 saturated heterocycles. The fourth-order valence-corrected chi connectivity index (χ4v) is 2.30. The summed E-state index contributed by atoms with van der Waals surface area (Å²) in [6.45, 7) is 1.94. The van der Waals surface area contributed by atoms with Gasteiger partial charge in [-0.05, 0) is 42.8 Å². The molecule has 1 atom stereocenters. The van der Waals surface area contributed by atoms with Crippen molar-refractivity contribution in [2.24, 2.45) is 0 Å². The Labute approximate surface area is 142 Å². The quantitative estimate of drug-likeness (QED) is 0.745. The van der Waals surface area contributed by atoms with Crippen LogP contribution in [0.2, 0.25) is 0 Å². The molecular formula is C17H15F3N4O. The van der Waals surface area contributed by atoms with E-state index in [2.05, 4.69) is 20.1 Å². The van der Waals surface area contributed by atoms with Gasteiger partial charge in [-0.3, -0.25) is 0 Å². The molecule has 3 aromatic rings. The van der Waals surface area contributed by atoms with E-state index in [1.165, 1.54) is 12.1 Å². The maximum Gasteiger partial charge on any atom is 0.573 e. The lowest BCUT2D eigenvalue weighted by Crippen LogP contribution is -2.17. The van der Waals surface area contributed by atoms with Crippen molar-refractivity contribution in [3.05, 3.63) is 66.6 Å². The molecule has 0 bridgehead atoms. The number of alkyl halides is 3. The van der Waals surface area contributed by atoms with E-state index in [4.69, 9.17) is 0 Å². The van der Waals surface area contributed by atoms with E-state index in [0.717, 1.165) is 17.4 Å². The molecule has 0 amide bonds. The number of nitrogens with one attached hydrogen (secondary N) is 1. The normalized spacial score (nSPS) is 12.6. The molecule has 8 heteroatoms. The van der Waals surface area contributed by atoms with Crippen LogP contribution in [-0.4, -0.2) is 21.1 Å². The monoisotopic (exact) mass is 348 g/mol. The largest absolute Gasteiger partial charge is 0.573 e. The van der Waals surface area contributed by atoms with E-state index in [1.807, 2.05) is 43.5 Å². The van der Waals surface area contributed by atoms with Crippen LogP contribution in [0.25, 0.3) is 5.69 Å². The lowest BCUT2D eigenvalue weighted by atomic mass is 10.1. The second-order valence-corrected chi connectivity index (χ2v) is 5.34. The molecule has 130 valence electrons. The molecule has 0 saturated carbocycles. The van der Waals surface area contributed by atoms with Crippen molar-refractivity contribution in [3.63, 3.8) is 0 Å². The highest BCUT2D eigenvalue weighted by Crippen LogP contribution is 2.24. The minimum atomic E-state index is -4.72. The summed E-state index contributed by atoms with van der Waals surface area (Å²) in [5.41, 5.74) is 1.95. The molecule has 0 aliphatic carbocycles. The average molecular weight is 348 g/mol. The summed E-state index contributed by atoms with van der Waals surface area (Å²) < 4.78 is 42.0. The zero-order chi connectivity index (χ0) is 17.9. The first-order chi connectivity index (χ1) is 11.9. The Morgan fingerprint density at radius 1 is 1.12 bits per heavy atom. The van der Waals surface area contributed by atoms with Crippen LogP contribution in [-0.2, 0) is 0 Å². The smallest absolute Gasteiger partial charge is 0.404 e. The predicted octanol–water partition coefficient (Wildman–Crippen LogP) is 4.34. The number of pyridine rings is 1. The number of halogens is 3. The van der Waals surface area contributed by atoms with E-state index in [9.17, 15) is 13.2 Å². The van der Waals surface area contributed by atoms with Crippen molar-refractivity contribution in [1.82, 2.24) is 14.8 Å². The number of anilines is 1. The zero-order valence-electron chi connectivity index (χ0n) is 13.2. The van der Waals surface area contributed by atoms with Gasteiger partial charge in [0.2, 0.25) is 0 Å². The van der Waals surface area contributed by atoms with Crippen LogP contribution in [0.1, 0.15) is 18.5 Å². The van der Waals surface area contributed by atoms with Gasteiger partial charge in [0.05, 0.1) is 11.9 Å². The third-order valence-electron chi connectivity index (χ3n) is 3.50.